The Balaban J connectivity index is 2.35. The smallest absolute Gasteiger partial charge is 0.0608 e. The van der Waals surface area contributed by atoms with Crippen LogP contribution in [0.2, 0.25) is 0 Å². The van der Waals surface area contributed by atoms with Gasteiger partial charge in [0.05, 0.1) is 6.61 Å². The Hall–Kier alpha value is -0.120. The second-order valence-electron chi connectivity index (χ2n) is 7.07. The summed E-state index contributed by atoms with van der Waals surface area (Å²) in [5.41, 5.74) is 5.61. The van der Waals surface area contributed by atoms with Crippen LogP contribution in [0.4, 0.5) is 0 Å². The lowest BCUT2D eigenvalue weighted by Crippen LogP contribution is -2.42. The first kappa shape index (κ1) is 16.9. The first-order valence-electron chi connectivity index (χ1n) is 8.08. The van der Waals surface area contributed by atoms with Crippen molar-refractivity contribution in [3.63, 3.8) is 0 Å². The zero-order chi connectivity index (χ0) is 14.3. The van der Waals surface area contributed by atoms with Gasteiger partial charge in [-0.3, -0.25) is 0 Å². The highest BCUT2D eigenvalue weighted by Crippen LogP contribution is 2.24. The zero-order valence-corrected chi connectivity index (χ0v) is 13.2. The minimum Gasteiger partial charge on any atom is -0.394 e. The molecule has 0 radical (unpaired) electrons. The molecule has 19 heavy (non-hydrogen) atoms. The van der Waals surface area contributed by atoms with Crippen molar-refractivity contribution in [1.29, 1.82) is 0 Å². The van der Waals surface area contributed by atoms with Crippen molar-refractivity contribution in [2.24, 2.45) is 11.7 Å². The predicted octanol–water partition coefficient (Wildman–Crippen LogP) is 2.77. The highest BCUT2D eigenvalue weighted by molar-refractivity contribution is 4.81. The molecule has 1 unspecified atom stereocenters. The van der Waals surface area contributed by atoms with Crippen molar-refractivity contribution in [3.8, 4) is 0 Å². The molecule has 1 aliphatic rings. The van der Waals surface area contributed by atoms with E-state index in [2.05, 4.69) is 18.7 Å². The van der Waals surface area contributed by atoms with Crippen molar-refractivity contribution in [1.82, 2.24) is 4.90 Å². The summed E-state index contributed by atoms with van der Waals surface area (Å²) in [4.78, 5) is 2.68. The molecule has 1 aliphatic carbocycles. The molecule has 0 amide bonds. The van der Waals surface area contributed by atoms with Crippen LogP contribution < -0.4 is 5.73 Å². The lowest BCUT2D eigenvalue weighted by Gasteiger charge is -2.31. The molecule has 0 spiro atoms. The van der Waals surface area contributed by atoms with E-state index in [4.69, 9.17) is 5.73 Å². The van der Waals surface area contributed by atoms with Crippen LogP contribution in [-0.2, 0) is 0 Å². The molecule has 3 heteroatoms. The Morgan fingerprint density at radius 2 is 1.89 bits per heavy atom. The van der Waals surface area contributed by atoms with Crippen LogP contribution in [0.1, 0.15) is 65.7 Å². The molecule has 1 fully saturated rings. The van der Waals surface area contributed by atoms with E-state index in [1.165, 1.54) is 38.6 Å². The highest BCUT2D eigenvalue weighted by Gasteiger charge is 2.23. The number of rotatable bonds is 9. The second kappa shape index (κ2) is 8.23. The van der Waals surface area contributed by atoms with Gasteiger partial charge >= 0.3 is 0 Å². The Bertz CT molecular complexity index is 235. The summed E-state index contributed by atoms with van der Waals surface area (Å²) in [5.74, 6) is 0.779. The number of nitrogens with zero attached hydrogens (tertiary/aromatic N) is 1. The molecule has 3 N–H and O–H groups in total. The molecule has 0 aromatic heterocycles. The molecule has 0 saturated heterocycles. The summed E-state index contributed by atoms with van der Waals surface area (Å²) in [6.45, 7) is 9.00. The average Bonchev–Trinajstić information content (AvgIpc) is 2.86. The van der Waals surface area contributed by atoms with Crippen LogP contribution in [0.15, 0.2) is 0 Å². The van der Waals surface area contributed by atoms with Gasteiger partial charge in [-0.2, -0.15) is 0 Å². The molecule has 3 nitrogen and oxygen atoms in total. The fourth-order valence-electron chi connectivity index (χ4n) is 2.94. The van der Waals surface area contributed by atoms with Crippen LogP contribution in [0.5, 0.6) is 0 Å². The van der Waals surface area contributed by atoms with E-state index in [0.29, 0.717) is 0 Å². The van der Waals surface area contributed by atoms with Gasteiger partial charge in [-0.15, -0.1) is 0 Å². The summed E-state index contributed by atoms with van der Waals surface area (Å²) in [6.07, 6.45) is 8.84. The van der Waals surface area contributed by atoms with Crippen LogP contribution in [0, 0.1) is 5.92 Å². The van der Waals surface area contributed by atoms with E-state index >= 15 is 0 Å². The third-order valence-corrected chi connectivity index (χ3v) is 4.39. The number of hydrogen-bond donors (Lipinski definition) is 2. The van der Waals surface area contributed by atoms with Gasteiger partial charge in [0.25, 0.3) is 0 Å². The topological polar surface area (TPSA) is 49.5 Å². The Labute approximate surface area is 119 Å². The normalized spacial score (nSPS) is 20.4. The summed E-state index contributed by atoms with van der Waals surface area (Å²) >= 11 is 0. The molecule has 0 bridgehead atoms. The Morgan fingerprint density at radius 1 is 1.26 bits per heavy atom. The SMILES string of the molecule is CC(C)CCN(CCCC(C)(N)CO)C1CCCC1. The van der Waals surface area contributed by atoms with Crippen LogP contribution in [0.3, 0.4) is 0 Å². The first-order valence-corrected chi connectivity index (χ1v) is 8.08. The summed E-state index contributed by atoms with van der Waals surface area (Å²) in [7, 11) is 0. The summed E-state index contributed by atoms with van der Waals surface area (Å²) in [6, 6.07) is 0.803. The van der Waals surface area contributed by atoms with Crippen molar-refractivity contribution < 1.29 is 5.11 Å². The van der Waals surface area contributed by atoms with Gasteiger partial charge in [-0.25, -0.2) is 0 Å². The minimum atomic E-state index is -0.403. The molecule has 1 rings (SSSR count). The van der Waals surface area contributed by atoms with Crippen molar-refractivity contribution in [2.75, 3.05) is 19.7 Å². The van der Waals surface area contributed by atoms with E-state index < -0.39 is 5.54 Å². The second-order valence-corrected chi connectivity index (χ2v) is 7.07. The van der Waals surface area contributed by atoms with E-state index in [1.807, 2.05) is 6.92 Å². The quantitative estimate of drug-likeness (QED) is 0.677. The standard InChI is InChI=1S/C16H34N2O/c1-14(2)9-12-18(15-7-4-5-8-15)11-6-10-16(3,17)13-19/h14-15,19H,4-13,17H2,1-3H3. The van der Waals surface area contributed by atoms with Gasteiger partial charge in [0, 0.05) is 11.6 Å². The predicted molar refractivity (Wildman–Crippen MR) is 82.2 cm³/mol. The number of aliphatic hydroxyl groups is 1. The van der Waals surface area contributed by atoms with Gasteiger partial charge in [0.1, 0.15) is 0 Å². The lowest BCUT2D eigenvalue weighted by molar-refractivity contribution is 0.163. The fourth-order valence-corrected chi connectivity index (χ4v) is 2.94. The van der Waals surface area contributed by atoms with Crippen molar-refractivity contribution >= 4 is 0 Å². The molecule has 0 heterocycles. The maximum Gasteiger partial charge on any atom is 0.0608 e. The third kappa shape index (κ3) is 6.73. The Morgan fingerprint density at radius 3 is 2.42 bits per heavy atom. The van der Waals surface area contributed by atoms with Crippen LogP contribution in [0.25, 0.3) is 0 Å². The number of hydrogen-bond acceptors (Lipinski definition) is 3. The zero-order valence-electron chi connectivity index (χ0n) is 13.2. The molecule has 0 aromatic rings. The molecule has 0 aromatic carbocycles. The summed E-state index contributed by atoms with van der Waals surface area (Å²) in [5, 5.41) is 9.21. The van der Waals surface area contributed by atoms with Crippen LogP contribution >= 0.6 is 0 Å². The minimum absolute atomic E-state index is 0.0857. The summed E-state index contributed by atoms with van der Waals surface area (Å²) < 4.78 is 0. The van der Waals surface area contributed by atoms with Gasteiger partial charge in [0.2, 0.25) is 0 Å². The molecule has 1 atom stereocenters. The molecular weight excluding hydrogens is 236 g/mol. The maximum absolute atomic E-state index is 9.21. The average molecular weight is 270 g/mol. The molecule has 0 aliphatic heterocycles. The van der Waals surface area contributed by atoms with E-state index in [0.717, 1.165) is 31.3 Å². The van der Waals surface area contributed by atoms with Gasteiger partial charge in [0.15, 0.2) is 0 Å². The highest BCUT2D eigenvalue weighted by atomic mass is 16.3. The van der Waals surface area contributed by atoms with E-state index in [-0.39, 0.29) is 6.61 Å². The molecular formula is C16H34N2O. The molecule has 114 valence electrons. The number of aliphatic hydroxyl groups excluding tert-OH is 1. The largest absolute Gasteiger partial charge is 0.394 e. The maximum atomic E-state index is 9.21. The van der Waals surface area contributed by atoms with Crippen LogP contribution in [-0.4, -0.2) is 41.3 Å². The van der Waals surface area contributed by atoms with Crippen molar-refractivity contribution in [2.45, 2.75) is 77.3 Å². The fraction of sp³-hybridized carbons (Fsp3) is 1.00. The van der Waals surface area contributed by atoms with Gasteiger partial charge < -0.3 is 15.7 Å². The van der Waals surface area contributed by atoms with E-state index in [9.17, 15) is 5.11 Å². The van der Waals surface area contributed by atoms with Gasteiger partial charge in [-0.1, -0.05) is 26.7 Å². The lowest BCUT2D eigenvalue weighted by atomic mass is 9.98. The monoisotopic (exact) mass is 270 g/mol. The Kier molecular flexibility index (Phi) is 7.33. The van der Waals surface area contributed by atoms with E-state index in [1.54, 1.807) is 0 Å². The number of nitrogens with two attached hydrogens (primary N) is 1. The van der Waals surface area contributed by atoms with Gasteiger partial charge in [-0.05, 0) is 58.0 Å². The molecule has 1 saturated carbocycles. The first-order chi connectivity index (χ1) is 8.94. The third-order valence-electron chi connectivity index (χ3n) is 4.39. The van der Waals surface area contributed by atoms with Crippen molar-refractivity contribution in [3.05, 3.63) is 0 Å².